The van der Waals surface area contributed by atoms with Crippen LogP contribution in [0.2, 0.25) is 0 Å². The van der Waals surface area contributed by atoms with Crippen LogP contribution in [-0.4, -0.2) is 36.8 Å². The molecule has 140 valence electrons. The summed E-state index contributed by atoms with van der Waals surface area (Å²) < 4.78 is 32.7. The molecule has 1 fully saturated rings. The van der Waals surface area contributed by atoms with Gasteiger partial charge in [0.25, 0.3) is 0 Å². The van der Waals surface area contributed by atoms with Gasteiger partial charge >= 0.3 is 0 Å². The van der Waals surface area contributed by atoms with Crippen molar-refractivity contribution in [1.82, 2.24) is 4.31 Å². The van der Waals surface area contributed by atoms with Crippen molar-refractivity contribution in [3.63, 3.8) is 0 Å². The zero-order chi connectivity index (χ0) is 18.9. The number of sulfonamides is 1. The Bertz CT molecular complexity index is 881. The van der Waals surface area contributed by atoms with E-state index in [-0.39, 0.29) is 27.6 Å². The van der Waals surface area contributed by atoms with Crippen molar-refractivity contribution >= 4 is 15.7 Å². The predicted molar refractivity (Wildman–Crippen MR) is 96.1 cm³/mol. The summed E-state index contributed by atoms with van der Waals surface area (Å²) in [7, 11) is -2.22. The van der Waals surface area contributed by atoms with E-state index in [0.29, 0.717) is 18.5 Å². The number of aryl methyl sites for hydroxylation is 1. The van der Waals surface area contributed by atoms with Crippen LogP contribution in [0.4, 0.5) is 5.69 Å². The number of hydrogen-bond donors (Lipinski definition) is 2. The SMILES string of the molecule is COc1ccc(C2CCCN2S(=O)(=O)c2ccc(C)cc2)cc1N(O)O. The first-order valence-electron chi connectivity index (χ1n) is 8.29. The molecule has 0 amide bonds. The van der Waals surface area contributed by atoms with Gasteiger partial charge in [-0.1, -0.05) is 23.8 Å². The molecule has 1 unspecified atom stereocenters. The average Bonchev–Trinajstić information content (AvgIpc) is 3.12. The minimum atomic E-state index is -3.64. The van der Waals surface area contributed by atoms with E-state index >= 15 is 0 Å². The molecule has 0 saturated carbocycles. The second-order valence-electron chi connectivity index (χ2n) is 6.31. The molecule has 1 saturated heterocycles. The Morgan fingerprint density at radius 3 is 2.46 bits per heavy atom. The molecule has 3 rings (SSSR count). The Labute approximate surface area is 153 Å². The molecular formula is C18H22N2O5S. The highest BCUT2D eigenvalue weighted by Gasteiger charge is 2.36. The Balaban J connectivity index is 1.98. The number of nitrogens with zero attached hydrogens (tertiary/aromatic N) is 2. The first-order chi connectivity index (χ1) is 12.3. The molecule has 0 bridgehead atoms. The summed E-state index contributed by atoms with van der Waals surface area (Å²) in [4.78, 5) is 0.259. The van der Waals surface area contributed by atoms with Gasteiger partial charge in [0.15, 0.2) is 0 Å². The molecule has 0 radical (unpaired) electrons. The second kappa shape index (κ2) is 7.24. The zero-order valence-electron chi connectivity index (χ0n) is 14.7. The van der Waals surface area contributed by atoms with Crippen LogP contribution in [-0.2, 0) is 10.0 Å². The van der Waals surface area contributed by atoms with Crippen LogP contribution >= 0.6 is 0 Å². The maximum atomic E-state index is 13.1. The van der Waals surface area contributed by atoms with Gasteiger partial charge in [-0.2, -0.15) is 4.31 Å². The second-order valence-corrected chi connectivity index (χ2v) is 8.20. The molecule has 1 aliphatic rings. The molecule has 1 atom stereocenters. The third-order valence-corrected chi connectivity index (χ3v) is 6.56. The van der Waals surface area contributed by atoms with Gasteiger partial charge in [0.1, 0.15) is 11.4 Å². The molecular weight excluding hydrogens is 356 g/mol. The Morgan fingerprint density at radius 2 is 1.85 bits per heavy atom. The van der Waals surface area contributed by atoms with Crippen LogP contribution in [0.3, 0.4) is 0 Å². The van der Waals surface area contributed by atoms with E-state index in [4.69, 9.17) is 4.74 Å². The molecule has 1 heterocycles. The molecule has 7 nitrogen and oxygen atoms in total. The summed E-state index contributed by atoms with van der Waals surface area (Å²) in [6, 6.07) is 11.3. The van der Waals surface area contributed by atoms with Crippen molar-refractivity contribution in [3.8, 4) is 5.75 Å². The van der Waals surface area contributed by atoms with Crippen LogP contribution in [0.1, 0.15) is 30.0 Å². The van der Waals surface area contributed by atoms with Crippen LogP contribution in [0, 0.1) is 6.92 Å². The third-order valence-electron chi connectivity index (χ3n) is 4.63. The van der Waals surface area contributed by atoms with Gasteiger partial charge in [-0.05, 0) is 49.6 Å². The number of rotatable bonds is 5. The number of hydrogen-bond acceptors (Lipinski definition) is 6. The van der Waals surface area contributed by atoms with Crippen molar-refractivity contribution in [3.05, 3.63) is 53.6 Å². The van der Waals surface area contributed by atoms with E-state index in [1.807, 2.05) is 6.92 Å². The monoisotopic (exact) mass is 378 g/mol. The summed E-state index contributed by atoms with van der Waals surface area (Å²) in [5.74, 6) is 0.282. The highest BCUT2D eigenvalue weighted by Crippen LogP contribution is 2.39. The van der Waals surface area contributed by atoms with Crippen molar-refractivity contribution in [1.29, 1.82) is 0 Å². The summed E-state index contributed by atoms with van der Waals surface area (Å²) >= 11 is 0. The van der Waals surface area contributed by atoms with Gasteiger partial charge in [-0.3, -0.25) is 10.4 Å². The molecule has 0 aliphatic carbocycles. The van der Waals surface area contributed by atoms with Crippen molar-refractivity contribution in [2.75, 3.05) is 18.9 Å². The van der Waals surface area contributed by atoms with Crippen LogP contribution in [0.15, 0.2) is 47.4 Å². The molecule has 2 aromatic rings. The molecule has 2 N–H and O–H groups in total. The molecule has 2 aromatic carbocycles. The molecule has 0 aromatic heterocycles. The van der Waals surface area contributed by atoms with E-state index in [1.165, 1.54) is 17.5 Å². The minimum absolute atomic E-state index is 0.0178. The Hall–Kier alpha value is -2.13. The highest BCUT2D eigenvalue weighted by atomic mass is 32.2. The van der Waals surface area contributed by atoms with E-state index < -0.39 is 10.0 Å². The molecule has 0 spiro atoms. The smallest absolute Gasteiger partial charge is 0.243 e. The highest BCUT2D eigenvalue weighted by molar-refractivity contribution is 7.89. The summed E-state index contributed by atoms with van der Waals surface area (Å²) in [6.07, 6.45) is 1.40. The van der Waals surface area contributed by atoms with E-state index in [1.54, 1.807) is 36.4 Å². The van der Waals surface area contributed by atoms with Crippen LogP contribution in [0.5, 0.6) is 5.75 Å². The maximum absolute atomic E-state index is 13.1. The molecule has 1 aliphatic heterocycles. The van der Waals surface area contributed by atoms with Crippen molar-refractivity contribution < 1.29 is 23.6 Å². The number of benzene rings is 2. The lowest BCUT2D eigenvalue weighted by Gasteiger charge is -2.25. The van der Waals surface area contributed by atoms with Gasteiger partial charge in [-0.15, -0.1) is 5.23 Å². The zero-order valence-corrected chi connectivity index (χ0v) is 15.5. The fourth-order valence-corrected chi connectivity index (χ4v) is 4.96. The number of methoxy groups -OCH3 is 1. The first-order valence-corrected chi connectivity index (χ1v) is 9.73. The predicted octanol–water partition coefficient (Wildman–Crippen LogP) is 3.11. The Kier molecular flexibility index (Phi) is 5.19. The minimum Gasteiger partial charge on any atom is -0.494 e. The fraction of sp³-hybridized carbons (Fsp3) is 0.333. The number of anilines is 1. The lowest BCUT2D eigenvalue weighted by atomic mass is 10.0. The van der Waals surface area contributed by atoms with Crippen molar-refractivity contribution in [2.24, 2.45) is 0 Å². The maximum Gasteiger partial charge on any atom is 0.243 e. The van der Waals surface area contributed by atoms with E-state index in [9.17, 15) is 18.8 Å². The lowest BCUT2D eigenvalue weighted by molar-refractivity contribution is 0.0278. The normalized spacial score (nSPS) is 18.1. The molecule has 8 heteroatoms. The fourth-order valence-electron chi connectivity index (χ4n) is 3.28. The van der Waals surface area contributed by atoms with Gasteiger partial charge in [0.05, 0.1) is 18.0 Å². The Morgan fingerprint density at radius 1 is 1.15 bits per heavy atom. The quantitative estimate of drug-likeness (QED) is 0.777. The van der Waals surface area contributed by atoms with Gasteiger partial charge in [0.2, 0.25) is 10.0 Å². The van der Waals surface area contributed by atoms with E-state index in [2.05, 4.69) is 0 Å². The summed E-state index contributed by atoms with van der Waals surface area (Å²) in [5, 5.41) is 18.8. The van der Waals surface area contributed by atoms with Crippen LogP contribution < -0.4 is 9.96 Å². The standard InChI is InChI=1S/C18H22N2O5S/c1-13-5-8-15(9-6-13)26(23,24)19-11-3-4-16(19)14-7-10-18(25-2)17(12-14)20(21)22/h5-10,12,16,21-22H,3-4,11H2,1-2H3. The van der Waals surface area contributed by atoms with E-state index in [0.717, 1.165) is 12.0 Å². The third kappa shape index (κ3) is 3.41. The van der Waals surface area contributed by atoms with Gasteiger partial charge in [-0.25, -0.2) is 8.42 Å². The average molecular weight is 378 g/mol. The lowest BCUT2D eigenvalue weighted by Crippen LogP contribution is -2.30. The van der Waals surface area contributed by atoms with Gasteiger partial charge in [0, 0.05) is 6.54 Å². The topological polar surface area (TPSA) is 90.3 Å². The van der Waals surface area contributed by atoms with Gasteiger partial charge < -0.3 is 4.74 Å². The largest absolute Gasteiger partial charge is 0.494 e. The summed E-state index contributed by atoms with van der Waals surface area (Å²) in [5.41, 5.74) is 1.74. The first kappa shape index (κ1) is 18.7. The van der Waals surface area contributed by atoms with Crippen molar-refractivity contribution in [2.45, 2.75) is 30.7 Å². The number of ether oxygens (including phenoxy) is 1. The summed E-state index contributed by atoms with van der Waals surface area (Å²) in [6.45, 7) is 2.33. The molecule has 26 heavy (non-hydrogen) atoms. The van der Waals surface area contributed by atoms with Crippen LogP contribution in [0.25, 0.3) is 0 Å².